The molecule has 0 aliphatic carbocycles. The van der Waals surface area contributed by atoms with Gasteiger partial charge in [0.15, 0.2) is 5.16 Å². The SMILES string of the molecule is NC(=O)c1ccc(CSc2nc3ccc(N)cc3[nH]2)cc1. The van der Waals surface area contributed by atoms with Crippen LogP contribution in [0, 0.1) is 0 Å². The van der Waals surface area contributed by atoms with E-state index in [9.17, 15) is 4.79 Å². The summed E-state index contributed by atoms with van der Waals surface area (Å²) < 4.78 is 0. The van der Waals surface area contributed by atoms with Crippen molar-refractivity contribution < 1.29 is 4.79 Å². The van der Waals surface area contributed by atoms with Gasteiger partial charge in [-0.15, -0.1) is 0 Å². The van der Waals surface area contributed by atoms with Gasteiger partial charge in [-0.2, -0.15) is 0 Å². The second-order valence-electron chi connectivity index (χ2n) is 4.67. The highest BCUT2D eigenvalue weighted by molar-refractivity contribution is 7.98. The number of primary amides is 1. The second-order valence-corrected chi connectivity index (χ2v) is 5.63. The molecule has 5 N–H and O–H groups in total. The summed E-state index contributed by atoms with van der Waals surface area (Å²) in [7, 11) is 0. The van der Waals surface area contributed by atoms with Gasteiger partial charge in [-0.1, -0.05) is 23.9 Å². The lowest BCUT2D eigenvalue weighted by Crippen LogP contribution is -2.10. The first-order valence-corrected chi connectivity index (χ1v) is 7.37. The largest absolute Gasteiger partial charge is 0.399 e. The van der Waals surface area contributed by atoms with Crippen LogP contribution in [0.3, 0.4) is 0 Å². The maximum Gasteiger partial charge on any atom is 0.248 e. The highest BCUT2D eigenvalue weighted by Gasteiger charge is 2.05. The minimum atomic E-state index is -0.413. The van der Waals surface area contributed by atoms with Crippen LogP contribution < -0.4 is 11.5 Å². The molecule has 21 heavy (non-hydrogen) atoms. The number of hydrogen-bond donors (Lipinski definition) is 3. The molecule has 5 nitrogen and oxygen atoms in total. The lowest BCUT2D eigenvalue weighted by atomic mass is 10.1. The summed E-state index contributed by atoms with van der Waals surface area (Å²) in [5.74, 6) is 0.345. The number of anilines is 1. The topological polar surface area (TPSA) is 97.8 Å². The average molecular weight is 298 g/mol. The third kappa shape index (κ3) is 3.00. The van der Waals surface area contributed by atoms with Gasteiger partial charge in [0.05, 0.1) is 11.0 Å². The minimum absolute atomic E-state index is 0.413. The number of carbonyl (C=O) groups is 1. The van der Waals surface area contributed by atoms with Crippen molar-refractivity contribution in [2.75, 3.05) is 5.73 Å². The first-order chi connectivity index (χ1) is 10.1. The van der Waals surface area contributed by atoms with Crippen LogP contribution in [0.1, 0.15) is 15.9 Å². The van der Waals surface area contributed by atoms with E-state index in [2.05, 4.69) is 9.97 Å². The Hall–Kier alpha value is -2.47. The van der Waals surface area contributed by atoms with Crippen LogP contribution in [0.25, 0.3) is 11.0 Å². The van der Waals surface area contributed by atoms with E-state index in [1.54, 1.807) is 23.9 Å². The van der Waals surface area contributed by atoms with Gasteiger partial charge in [-0.3, -0.25) is 4.79 Å². The van der Waals surface area contributed by atoms with Crippen LogP contribution in [-0.4, -0.2) is 15.9 Å². The van der Waals surface area contributed by atoms with E-state index in [4.69, 9.17) is 11.5 Å². The predicted octanol–water partition coefficient (Wildman–Crippen LogP) is 2.54. The van der Waals surface area contributed by atoms with E-state index in [-0.39, 0.29) is 0 Å². The van der Waals surface area contributed by atoms with Gasteiger partial charge in [0.25, 0.3) is 0 Å². The van der Waals surface area contributed by atoms with Gasteiger partial charge in [0.2, 0.25) is 5.91 Å². The van der Waals surface area contributed by atoms with E-state index in [0.717, 1.165) is 27.5 Å². The van der Waals surface area contributed by atoms with Gasteiger partial charge in [-0.25, -0.2) is 4.98 Å². The Labute approximate surface area is 125 Å². The number of nitrogen functional groups attached to an aromatic ring is 1. The zero-order valence-corrected chi connectivity index (χ0v) is 12.0. The standard InChI is InChI=1S/C15H14N4OS/c16-11-5-6-12-13(7-11)19-15(18-12)21-8-9-1-3-10(4-2-9)14(17)20/h1-7H,8,16H2,(H2,17,20)(H,18,19). The summed E-state index contributed by atoms with van der Waals surface area (Å²) >= 11 is 1.60. The molecule has 1 aromatic heterocycles. The van der Waals surface area contributed by atoms with Crippen molar-refractivity contribution in [1.29, 1.82) is 0 Å². The third-order valence-electron chi connectivity index (χ3n) is 3.10. The molecule has 3 rings (SSSR count). The number of benzene rings is 2. The third-order valence-corrected chi connectivity index (χ3v) is 4.04. The van der Waals surface area contributed by atoms with Gasteiger partial charge in [-0.05, 0) is 35.9 Å². The number of rotatable bonds is 4. The fraction of sp³-hybridized carbons (Fsp3) is 0.0667. The van der Waals surface area contributed by atoms with Crippen molar-refractivity contribution in [3.63, 3.8) is 0 Å². The van der Waals surface area contributed by atoms with Gasteiger partial charge in [0.1, 0.15) is 0 Å². The maximum atomic E-state index is 11.0. The molecular formula is C15H14N4OS. The van der Waals surface area contributed by atoms with Crippen molar-refractivity contribution in [3.8, 4) is 0 Å². The van der Waals surface area contributed by atoms with E-state index in [1.807, 2.05) is 30.3 Å². The quantitative estimate of drug-likeness (QED) is 0.509. The Balaban J connectivity index is 1.72. The van der Waals surface area contributed by atoms with Crippen LogP contribution in [0.2, 0.25) is 0 Å². The van der Waals surface area contributed by atoms with Crippen LogP contribution in [0.15, 0.2) is 47.6 Å². The molecule has 0 aliphatic rings. The second kappa shape index (κ2) is 5.49. The molecular weight excluding hydrogens is 284 g/mol. The number of thioether (sulfide) groups is 1. The Kier molecular flexibility index (Phi) is 3.53. The highest BCUT2D eigenvalue weighted by Crippen LogP contribution is 2.24. The number of amides is 1. The Morgan fingerprint density at radius 2 is 1.95 bits per heavy atom. The summed E-state index contributed by atoms with van der Waals surface area (Å²) in [6, 6.07) is 12.9. The number of carbonyl (C=O) groups excluding carboxylic acids is 1. The molecule has 1 heterocycles. The Morgan fingerprint density at radius 1 is 1.19 bits per heavy atom. The molecule has 0 bridgehead atoms. The lowest BCUT2D eigenvalue weighted by Gasteiger charge is -2.00. The molecule has 6 heteroatoms. The van der Waals surface area contributed by atoms with Crippen molar-refractivity contribution in [2.24, 2.45) is 5.73 Å². The van der Waals surface area contributed by atoms with E-state index >= 15 is 0 Å². The fourth-order valence-corrected chi connectivity index (χ4v) is 2.83. The monoisotopic (exact) mass is 298 g/mol. The predicted molar refractivity (Wildman–Crippen MR) is 85.0 cm³/mol. The summed E-state index contributed by atoms with van der Waals surface area (Å²) in [6.45, 7) is 0. The molecule has 3 aromatic rings. The minimum Gasteiger partial charge on any atom is -0.399 e. The molecule has 0 saturated heterocycles. The molecule has 106 valence electrons. The summed E-state index contributed by atoms with van der Waals surface area (Å²) in [6.07, 6.45) is 0. The Morgan fingerprint density at radius 3 is 2.67 bits per heavy atom. The zero-order valence-electron chi connectivity index (χ0n) is 11.2. The van der Waals surface area contributed by atoms with E-state index in [1.165, 1.54) is 0 Å². The molecule has 0 unspecified atom stereocenters. The van der Waals surface area contributed by atoms with Crippen molar-refractivity contribution >= 4 is 34.4 Å². The number of fused-ring (bicyclic) bond motifs is 1. The van der Waals surface area contributed by atoms with Crippen molar-refractivity contribution in [3.05, 3.63) is 53.6 Å². The van der Waals surface area contributed by atoms with Gasteiger partial charge >= 0.3 is 0 Å². The summed E-state index contributed by atoms with van der Waals surface area (Å²) in [5.41, 5.74) is 15.1. The van der Waals surface area contributed by atoms with Crippen LogP contribution in [0.4, 0.5) is 5.69 Å². The molecule has 0 saturated carbocycles. The van der Waals surface area contributed by atoms with Crippen LogP contribution in [-0.2, 0) is 5.75 Å². The van der Waals surface area contributed by atoms with Crippen LogP contribution in [0.5, 0.6) is 0 Å². The Bertz CT molecular complexity index is 795. The number of H-pyrrole nitrogens is 1. The first kappa shape index (κ1) is 13.5. The number of hydrogen-bond acceptors (Lipinski definition) is 4. The van der Waals surface area contributed by atoms with Crippen LogP contribution >= 0.6 is 11.8 Å². The molecule has 0 atom stereocenters. The number of nitrogens with one attached hydrogen (secondary N) is 1. The molecule has 2 aromatic carbocycles. The molecule has 1 amide bonds. The van der Waals surface area contributed by atoms with E-state index < -0.39 is 5.91 Å². The number of aromatic amines is 1. The molecule has 0 spiro atoms. The molecule has 0 aliphatic heterocycles. The van der Waals surface area contributed by atoms with Crippen molar-refractivity contribution in [2.45, 2.75) is 10.9 Å². The number of aromatic nitrogens is 2. The average Bonchev–Trinajstić information content (AvgIpc) is 2.87. The van der Waals surface area contributed by atoms with Gasteiger partial charge in [0, 0.05) is 17.0 Å². The fourth-order valence-electron chi connectivity index (χ4n) is 1.99. The molecule has 0 fully saturated rings. The maximum absolute atomic E-state index is 11.0. The number of nitrogens with zero attached hydrogens (tertiary/aromatic N) is 1. The lowest BCUT2D eigenvalue weighted by molar-refractivity contribution is 0.100. The zero-order chi connectivity index (χ0) is 14.8. The molecule has 0 radical (unpaired) electrons. The summed E-state index contributed by atoms with van der Waals surface area (Å²) in [4.78, 5) is 18.7. The first-order valence-electron chi connectivity index (χ1n) is 6.38. The number of nitrogens with two attached hydrogens (primary N) is 2. The van der Waals surface area contributed by atoms with Gasteiger partial charge < -0.3 is 16.5 Å². The number of imidazole rings is 1. The normalized spacial score (nSPS) is 10.9. The smallest absolute Gasteiger partial charge is 0.248 e. The summed E-state index contributed by atoms with van der Waals surface area (Å²) in [5, 5.41) is 0.842. The van der Waals surface area contributed by atoms with Crippen molar-refractivity contribution in [1.82, 2.24) is 9.97 Å². The van der Waals surface area contributed by atoms with E-state index in [0.29, 0.717) is 11.3 Å². The highest BCUT2D eigenvalue weighted by atomic mass is 32.2.